The van der Waals surface area contributed by atoms with E-state index in [0.29, 0.717) is 0 Å². The highest BCUT2D eigenvalue weighted by Gasteiger charge is 2.34. The molecule has 2 fully saturated rings. The lowest BCUT2D eigenvalue weighted by atomic mass is 9.79. The molecular formula is C17H33NO3S. The summed E-state index contributed by atoms with van der Waals surface area (Å²) in [6.07, 6.45) is 8.91. The monoisotopic (exact) mass is 331 g/mol. The highest BCUT2D eigenvalue weighted by Crippen LogP contribution is 2.31. The van der Waals surface area contributed by atoms with Crippen LogP contribution in [0, 0.1) is 11.3 Å². The molecule has 1 aliphatic heterocycles. The first-order chi connectivity index (χ1) is 10.3. The third kappa shape index (κ3) is 5.50. The van der Waals surface area contributed by atoms with Crippen LogP contribution in [0.3, 0.4) is 0 Å². The number of nitrogens with one attached hydrogen (secondary N) is 1. The average molecular weight is 332 g/mol. The fraction of sp³-hybridized carbons (Fsp3) is 1.00. The lowest BCUT2D eigenvalue weighted by molar-refractivity contribution is 0.0507. The first-order valence-corrected chi connectivity index (χ1v) is 10.7. The topological polar surface area (TPSA) is 55.4 Å². The van der Waals surface area contributed by atoms with Crippen molar-refractivity contribution in [1.82, 2.24) is 5.32 Å². The van der Waals surface area contributed by atoms with Crippen molar-refractivity contribution in [1.29, 1.82) is 0 Å². The number of hydrogen-bond donors (Lipinski definition) is 1. The lowest BCUT2D eigenvalue weighted by Gasteiger charge is -2.36. The van der Waals surface area contributed by atoms with Gasteiger partial charge in [0.05, 0.1) is 5.25 Å². The van der Waals surface area contributed by atoms with Crippen LogP contribution in [0.15, 0.2) is 0 Å². The van der Waals surface area contributed by atoms with Gasteiger partial charge in [-0.15, -0.1) is 0 Å². The maximum atomic E-state index is 12.0. The standard InChI is InChI=1S/C17H33NO3S/c1-17(2,12-14-8-10-21-11-9-14)13-18-15-6-4-5-7-16(15)22(3,19)20/h14-16,18H,4-13H2,1-3H3/t15-,16-/m0/s1. The quantitative estimate of drug-likeness (QED) is 0.813. The number of hydrogen-bond acceptors (Lipinski definition) is 4. The summed E-state index contributed by atoms with van der Waals surface area (Å²) < 4.78 is 29.4. The van der Waals surface area contributed by atoms with Crippen LogP contribution in [-0.2, 0) is 14.6 Å². The van der Waals surface area contributed by atoms with Crippen molar-refractivity contribution in [2.24, 2.45) is 11.3 Å². The maximum absolute atomic E-state index is 12.0. The normalized spacial score (nSPS) is 28.7. The van der Waals surface area contributed by atoms with Crippen molar-refractivity contribution < 1.29 is 13.2 Å². The molecule has 0 unspecified atom stereocenters. The van der Waals surface area contributed by atoms with E-state index in [0.717, 1.165) is 51.4 Å². The largest absolute Gasteiger partial charge is 0.381 e. The second-order valence-corrected chi connectivity index (χ2v) is 10.3. The third-order valence-electron chi connectivity index (χ3n) is 5.28. The molecule has 0 spiro atoms. The Morgan fingerprint density at radius 1 is 1.09 bits per heavy atom. The number of rotatable bonds is 6. The Hall–Kier alpha value is -0.130. The van der Waals surface area contributed by atoms with Gasteiger partial charge in [-0.25, -0.2) is 8.42 Å². The summed E-state index contributed by atoms with van der Waals surface area (Å²) in [5.74, 6) is 0.752. The van der Waals surface area contributed by atoms with E-state index >= 15 is 0 Å². The van der Waals surface area contributed by atoms with Gasteiger partial charge in [-0.3, -0.25) is 0 Å². The van der Waals surface area contributed by atoms with Crippen LogP contribution < -0.4 is 5.32 Å². The van der Waals surface area contributed by atoms with Crippen molar-refractivity contribution in [3.05, 3.63) is 0 Å². The van der Waals surface area contributed by atoms with E-state index in [4.69, 9.17) is 4.74 Å². The van der Waals surface area contributed by atoms with Crippen molar-refractivity contribution in [2.75, 3.05) is 26.0 Å². The molecule has 5 heteroatoms. The van der Waals surface area contributed by atoms with E-state index in [1.807, 2.05) is 0 Å². The van der Waals surface area contributed by atoms with E-state index < -0.39 is 9.84 Å². The summed E-state index contributed by atoms with van der Waals surface area (Å²) in [6.45, 7) is 7.29. The molecule has 0 aromatic carbocycles. The Kier molecular flexibility index (Phi) is 6.31. The molecule has 1 N–H and O–H groups in total. The summed E-state index contributed by atoms with van der Waals surface area (Å²) in [5.41, 5.74) is 0.210. The maximum Gasteiger partial charge on any atom is 0.151 e. The zero-order valence-electron chi connectivity index (χ0n) is 14.4. The molecule has 0 aromatic heterocycles. The number of sulfone groups is 1. The first kappa shape index (κ1) is 18.2. The molecule has 2 atom stereocenters. The minimum absolute atomic E-state index is 0.137. The Labute approximate surface area is 136 Å². The molecule has 22 heavy (non-hydrogen) atoms. The van der Waals surface area contributed by atoms with Gasteiger partial charge in [-0.1, -0.05) is 26.7 Å². The highest BCUT2D eigenvalue weighted by molar-refractivity contribution is 7.91. The minimum atomic E-state index is -2.95. The molecule has 0 amide bonds. The molecule has 2 rings (SSSR count). The van der Waals surface area contributed by atoms with Crippen molar-refractivity contribution in [2.45, 2.75) is 70.1 Å². The van der Waals surface area contributed by atoms with E-state index in [1.54, 1.807) is 0 Å². The number of ether oxygens (including phenoxy) is 1. The predicted octanol–water partition coefficient (Wildman–Crippen LogP) is 2.77. The fourth-order valence-corrected chi connectivity index (χ4v) is 5.48. The summed E-state index contributed by atoms with van der Waals surface area (Å²) in [5, 5.41) is 3.40. The van der Waals surface area contributed by atoms with Gasteiger partial charge in [0.2, 0.25) is 0 Å². The van der Waals surface area contributed by atoms with Gasteiger partial charge in [0.15, 0.2) is 9.84 Å². The molecule has 2 aliphatic rings. The van der Waals surface area contributed by atoms with Crippen LogP contribution in [0.25, 0.3) is 0 Å². The van der Waals surface area contributed by atoms with E-state index in [2.05, 4.69) is 19.2 Å². The van der Waals surface area contributed by atoms with Gasteiger partial charge in [0.25, 0.3) is 0 Å². The summed E-state index contributed by atoms with van der Waals surface area (Å²) in [7, 11) is -2.95. The second kappa shape index (κ2) is 7.63. The van der Waals surface area contributed by atoms with Gasteiger partial charge in [0.1, 0.15) is 0 Å². The summed E-state index contributed by atoms with van der Waals surface area (Å²) >= 11 is 0. The Morgan fingerprint density at radius 2 is 1.73 bits per heavy atom. The summed E-state index contributed by atoms with van der Waals surface area (Å²) in [6, 6.07) is 0.137. The molecular weight excluding hydrogens is 298 g/mol. The van der Waals surface area contributed by atoms with E-state index in [-0.39, 0.29) is 16.7 Å². The van der Waals surface area contributed by atoms with Gasteiger partial charge < -0.3 is 10.1 Å². The summed E-state index contributed by atoms with van der Waals surface area (Å²) in [4.78, 5) is 0. The SMILES string of the molecule is CC(C)(CN[C@H]1CCCC[C@@H]1S(C)(=O)=O)CC1CCOCC1. The van der Waals surface area contributed by atoms with Crippen LogP contribution in [0.5, 0.6) is 0 Å². The van der Waals surface area contributed by atoms with E-state index in [1.165, 1.54) is 25.5 Å². The lowest BCUT2D eigenvalue weighted by Crippen LogP contribution is -2.48. The molecule has 130 valence electrons. The van der Waals surface area contributed by atoms with Crippen molar-refractivity contribution >= 4 is 9.84 Å². The Balaban J connectivity index is 1.86. The van der Waals surface area contributed by atoms with Crippen molar-refractivity contribution in [3.63, 3.8) is 0 Å². The smallest absolute Gasteiger partial charge is 0.151 e. The average Bonchev–Trinajstić information content (AvgIpc) is 2.45. The molecule has 1 saturated heterocycles. The molecule has 0 bridgehead atoms. The Bertz CT molecular complexity index is 441. The molecule has 4 nitrogen and oxygen atoms in total. The molecule has 1 heterocycles. The third-order valence-corrected chi connectivity index (χ3v) is 6.94. The fourth-order valence-electron chi connectivity index (χ4n) is 4.05. The predicted molar refractivity (Wildman–Crippen MR) is 90.8 cm³/mol. The van der Waals surface area contributed by atoms with Gasteiger partial charge in [0, 0.05) is 32.1 Å². The second-order valence-electron chi connectivity index (χ2n) is 8.06. The zero-order chi connectivity index (χ0) is 16.2. The zero-order valence-corrected chi connectivity index (χ0v) is 15.3. The first-order valence-electron chi connectivity index (χ1n) is 8.78. The van der Waals surface area contributed by atoms with Gasteiger partial charge in [-0.05, 0) is 43.4 Å². The van der Waals surface area contributed by atoms with Crippen molar-refractivity contribution in [3.8, 4) is 0 Å². The molecule has 0 aromatic rings. The van der Waals surface area contributed by atoms with Crippen LogP contribution in [0.4, 0.5) is 0 Å². The van der Waals surface area contributed by atoms with Gasteiger partial charge in [-0.2, -0.15) is 0 Å². The van der Waals surface area contributed by atoms with E-state index in [9.17, 15) is 8.42 Å². The molecule has 0 radical (unpaired) electrons. The van der Waals surface area contributed by atoms with Crippen LogP contribution >= 0.6 is 0 Å². The van der Waals surface area contributed by atoms with Crippen LogP contribution in [0.2, 0.25) is 0 Å². The Morgan fingerprint density at radius 3 is 2.36 bits per heavy atom. The minimum Gasteiger partial charge on any atom is -0.381 e. The van der Waals surface area contributed by atoms with Crippen LogP contribution in [-0.4, -0.2) is 45.7 Å². The van der Waals surface area contributed by atoms with Crippen LogP contribution in [0.1, 0.15) is 58.8 Å². The highest BCUT2D eigenvalue weighted by atomic mass is 32.2. The van der Waals surface area contributed by atoms with Gasteiger partial charge >= 0.3 is 0 Å². The molecule has 1 saturated carbocycles. The molecule has 1 aliphatic carbocycles.